The number of ether oxygens (including phenoxy) is 3. The van der Waals surface area contributed by atoms with Crippen LogP contribution in [0, 0.1) is 17.8 Å². The number of piperidine rings is 1. The first-order valence-electron chi connectivity index (χ1n) is 16.9. The molecule has 0 spiro atoms. The van der Waals surface area contributed by atoms with Gasteiger partial charge in [-0.3, -0.25) is 9.59 Å². The quantitative estimate of drug-likeness (QED) is 0.248. The minimum Gasteiger partial charge on any atom is -0.457 e. The average Bonchev–Trinajstić information content (AvgIpc) is 3.03. The topological polar surface area (TPSA) is 126 Å². The van der Waals surface area contributed by atoms with Gasteiger partial charge >= 0.3 is 6.09 Å². The Morgan fingerprint density at radius 2 is 1.57 bits per heavy atom. The molecule has 4 rings (SSSR count). The number of carbonyl (C=O) groups is 3. The SMILES string of the molecule is COCCCCC1(CNC(=O)[C@H]2C[C@@H](C(=O)N[C@@H](CO)CC(C)C)CN(C(=O)OC(C)(C)C)C2)c2ccccc2Oc2ccccc21. The maximum absolute atomic E-state index is 14.1. The van der Waals surface area contributed by atoms with Crippen molar-refractivity contribution < 1.29 is 33.7 Å². The number of carbonyl (C=O) groups excluding carboxylic acids is 3. The second kappa shape index (κ2) is 16.0. The number of nitrogens with one attached hydrogen (secondary N) is 2. The van der Waals surface area contributed by atoms with Crippen molar-refractivity contribution in [3.05, 3.63) is 59.7 Å². The number of rotatable bonds is 13. The molecule has 0 radical (unpaired) electrons. The fraction of sp³-hybridized carbons (Fsp3) is 0.595. The highest BCUT2D eigenvalue weighted by molar-refractivity contribution is 5.84. The van der Waals surface area contributed by atoms with Gasteiger partial charge < -0.3 is 34.9 Å². The number of likely N-dealkylation sites (tertiary alicyclic amines) is 1. The molecule has 3 atom stereocenters. The molecule has 0 aliphatic carbocycles. The lowest BCUT2D eigenvalue weighted by atomic mass is 9.69. The van der Waals surface area contributed by atoms with Gasteiger partial charge in [0.1, 0.15) is 17.1 Å². The van der Waals surface area contributed by atoms with Crippen molar-refractivity contribution in [1.29, 1.82) is 0 Å². The van der Waals surface area contributed by atoms with Crippen molar-refractivity contribution in [2.75, 3.05) is 40.0 Å². The number of methoxy groups -OCH3 is 1. The van der Waals surface area contributed by atoms with Crippen LogP contribution in [0.1, 0.15) is 77.8 Å². The lowest BCUT2D eigenvalue weighted by Gasteiger charge is -2.41. The third kappa shape index (κ3) is 9.26. The van der Waals surface area contributed by atoms with Gasteiger partial charge in [0, 0.05) is 49.9 Å². The molecule has 1 saturated heterocycles. The van der Waals surface area contributed by atoms with Gasteiger partial charge in [-0.1, -0.05) is 50.2 Å². The summed E-state index contributed by atoms with van der Waals surface area (Å²) >= 11 is 0. The lowest BCUT2D eigenvalue weighted by Crippen LogP contribution is -2.55. The van der Waals surface area contributed by atoms with E-state index in [2.05, 4.69) is 22.8 Å². The third-order valence-electron chi connectivity index (χ3n) is 8.96. The van der Waals surface area contributed by atoms with Crippen LogP contribution in [0.2, 0.25) is 0 Å². The van der Waals surface area contributed by atoms with Crippen molar-refractivity contribution in [3.63, 3.8) is 0 Å². The second-order valence-corrected chi connectivity index (χ2v) is 14.4. The number of hydrogen-bond acceptors (Lipinski definition) is 7. The van der Waals surface area contributed by atoms with Crippen molar-refractivity contribution >= 4 is 17.9 Å². The Hall–Kier alpha value is -3.63. The monoisotopic (exact) mass is 651 g/mol. The van der Waals surface area contributed by atoms with Crippen LogP contribution in [0.25, 0.3) is 0 Å². The highest BCUT2D eigenvalue weighted by atomic mass is 16.6. The minimum atomic E-state index is -0.734. The molecule has 2 aliphatic heterocycles. The van der Waals surface area contributed by atoms with Crippen LogP contribution in [0.15, 0.2) is 48.5 Å². The van der Waals surface area contributed by atoms with Gasteiger partial charge in [0.15, 0.2) is 0 Å². The molecule has 258 valence electrons. The Morgan fingerprint density at radius 1 is 0.979 bits per heavy atom. The number of nitrogens with zero attached hydrogens (tertiary/aromatic N) is 1. The fourth-order valence-corrected chi connectivity index (χ4v) is 6.79. The lowest BCUT2D eigenvalue weighted by molar-refractivity contribution is -0.132. The molecule has 0 aromatic heterocycles. The van der Waals surface area contributed by atoms with Gasteiger partial charge in [0.25, 0.3) is 0 Å². The number of amides is 3. The predicted octanol–water partition coefficient (Wildman–Crippen LogP) is 5.41. The van der Waals surface area contributed by atoms with E-state index in [1.165, 1.54) is 4.90 Å². The molecule has 2 heterocycles. The zero-order chi connectivity index (χ0) is 34.2. The number of hydrogen-bond donors (Lipinski definition) is 3. The van der Waals surface area contributed by atoms with Gasteiger partial charge in [-0.2, -0.15) is 0 Å². The summed E-state index contributed by atoms with van der Waals surface area (Å²) in [5.74, 6) is 0.0153. The molecular formula is C37H53N3O7. The van der Waals surface area contributed by atoms with Crippen molar-refractivity contribution in [2.45, 2.75) is 83.8 Å². The summed E-state index contributed by atoms with van der Waals surface area (Å²) in [6, 6.07) is 15.5. The molecule has 1 fully saturated rings. The number of fused-ring (bicyclic) bond motifs is 2. The van der Waals surface area contributed by atoms with Gasteiger partial charge in [0.05, 0.1) is 24.5 Å². The molecule has 10 heteroatoms. The maximum Gasteiger partial charge on any atom is 0.410 e. The van der Waals surface area contributed by atoms with E-state index < -0.39 is 35.0 Å². The van der Waals surface area contributed by atoms with Crippen LogP contribution in [0.5, 0.6) is 11.5 Å². The summed E-state index contributed by atoms with van der Waals surface area (Å²) in [5, 5.41) is 16.1. The molecule has 47 heavy (non-hydrogen) atoms. The molecule has 2 aromatic carbocycles. The fourth-order valence-electron chi connectivity index (χ4n) is 6.79. The first kappa shape index (κ1) is 36.2. The number of aliphatic hydroxyl groups is 1. The van der Waals surface area contributed by atoms with E-state index in [-0.39, 0.29) is 43.8 Å². The highest BCUT2D eigenvalue weighted by Crippen LogP contribution is 2.50. The summed E-state index contributed by atoms with van der Waals surface area (Å²) in [4.78, 5) is 42.4. The van der Waals surface area contributed by atoms with Crippen molar-refractivity contribution in [2.24, 2.45) is 17.8 Å². The zero-order valence-electron chi connectivity index (χ0n) is 28.8. The van der Waals surface area contributed by atoms with E-state index in [9.17, 15) is 19.5 Å². The first-order valence-corrected chi connectivity index (χ1v) is 16.9. The first-order chi connectivity index (χ1) is 22.4. The van der Waals surface area contributed by atoms with E-state index in [0.717, 1.165) is 41.9 Å². The number of unbranched alkanes of at least 4 members (excludes halogenated alkanes) is 1. The Labute approximate surface area is 279 Å². The van der Waals surface area contributed by atoms with Crippen LogP contribution >= 0.6 is 0 Å². The van der Waals surface area contributed by atoms with Gasteiger partial charge in [0.2, 0.25) is 11.8 Å². The molecular weight excluding hydrogens is 598 g/mol. The second-order valence-electron chi connectivity index (χ2n) is 14.4. The summed E-state index contributed by atoms with van der Waals surface area (Å²) < 4.78 is 17.3. The van der Waals surface area contributed by atoms with E-state index in [4.69, 9.17) is 14.2 Å². The molecule has 10 nitrogen and oxygen atoms in total. The normalized spacial score (nSPS) is 19.2. The minimum absolute atomic E-state index is 0.131. The van der Waals surface area contributed by atoms with Crippen LogP contribution in [-0.2, 0) is 24.5 Å². The van der Waals surface area contributed by atoms with Gasteiger partial charge in [-0.25, -0.2) is 4.79 Å². The Morgan fingerprint density at radius 3 is 2.13 bits per heavy atom. The molecule has 3 N–H and O–H groups in total. The zero-order valence-corrected chi connectivity index (χ0v) is 28.8. The Bertz CT molecular complexity index is 1330. The van der Waals surface area contributed by atoms with E-state index >= 15 is 0 Å². The number of aliphatic hydroxyl groups excluding tert-OH is 1. The van der Waals surface area contributed by atoms with Crippen LogP contribution < -0.4 is 15.4 Å². The van der Waals surface area contributed by atoms with Crippen molar-refractivity contribution in [3.8, 4) is 11.5 Å². The predicted molar refractivity (Wildman–Crippen MR) is 180 cm³/mol. The number of para-hydroxylation sites is 2. The van der Waals surface area contributed by atoms with E-state index in [0.29, 0.717) is 19.6 Å². The smallest absolute Gasteiger partial charge is 0.410 e. The highest BCUT2D eigenvalue weighted by Gasteiger charge is 2.44. The third-order valence-corrected chi connectivity index (χ3v) is 8.96. The van der Waals surface area contributed by atoms with Crippen LogP contribution in [0.4, 0.5) is 4.79 Å². The van der Waals surface area contributed by atoms with Crippen LogP contribution in [-0.4, -0.2) is 79.5 Å². The van der Waals surface area contributed by atoms with Gasteiger partial charge in [-0.05, 0) is 70.9 Å². The molecule has 3 amide bonds. The van der Waals surface area contributed by atoms with Crippen LogP contribution in [0.3, 0.4) is 0 Å². The standard InChI is InChI=1S/C37H53N3O7/c1-25(2)19-28(23-41)39-34(43)27-20-26(21-40(22-27)35(44)47-36(3,4)5)33(42)38-24-37(17-11-12-18-45-6)29-13-7-9-15-31(29)46-32-16-10-8-14-30(32)37/h7-10,13-16,25-28,41H,11-12,17-24H2,1-6H3,(H,38,42)(H,39,43)/t26-,27+,28+/m0/s1. The van der Waals surface area contributed by atoms with Crippen molar-refractivity contribution in [1.82, 2.24) is 15.5 Å². The molecule has 2 aromatic rings. The maximum atomic E-state index is 14.1. The summed E-state index contributed by atoms with van der Waals surface area (Å²) in [6.07, 6.45) is 2.82. The molecule has 0 saturated carbocycles. The Balaban J connectivity index is 1.60. The Kier molecular flexibility index (Phi) is 12.3. The summed E-state index contributed by atoms with van der Waals surface area (Å²) in [6.45, 7) is 10.5. The molecule has 2 aliphatic rings. The largest absolute Gasteiger partial charge is 0.457 e. The molecule has 0 unspecified atom stereocenters. The summed E-state index contributed by atoms with van der Waals surface area (Å²) in [5.41, 5.74) is 0.722. The summed E-state index contributed by atoms with van der Waals surface area (Å²) in [7, 11) is 1.70. The van der Waals surface area contributed by atoms with Gasteiger partial charge in [-0.15, -0.1) is 0 Å². The van der Waals surface area contributed by atoms with E-state index in [1.807, 2.05) is 50.2 Å². The number of benzene rings is 2. The van der Waals surface area contributed by atoms with E-state index in [1.54, 1.807) is 27.9 Å². The molecule has 0 bridgehead atoms. The average molecular weight is 652 g/mol.